The first kappa shape index (κ1) is 58.1. The standard InChI is InChI=1S/C52H64N3O8P.F6P/c1-35-31-42-47(54-29-18-7-8-19-30-64(39-22-12-9-13-23-39,40-24-14-10-15-25-40)41-26-16-11-17-27-41)44(56)34-43(49(42)58)55-51(59)36(2)21-20-28-45(61-5)50(63-52(53)60)38(4)33-37(3)48(57)46(32-35)62-6;1-7(2,3,4,5)6/h9-17,20-28,33-35,37,45-46,48,50,57H,7-8,18-19,29-32H2,1-6H3,(H3-,53,54,55,56,58,59,60);/q;-1/p+1/b28-20+,36-21-,38-33+;/t35-,37+,45+,46+,48-,50+;/m1./s1. The maximum atomic E-state index is 14.2. The molecule has 388 valence electrons. The van der Waals surface area contributed by atoms with Gasteiger partial charge in [0.2, 0.25) is 11.6 Å². The van der Waals surface area contributed by atoms with E-state index < -0.39 is 69.0 Å². The summed E-state index contributed by atoms with van der Waals surface area (Å²) >= 11 is 0. The van der Waals surface area contributed by atoms with Crippen molar-refractivity contribution in [1.29, 1.82) is 0 Å². The number of unbranched alkanes of at least 4 members (excludes halogenated alkanes) is 3. The Morgan fingerprint density at radius 1 is 0.817 bits per heavy atom. The summed E-state index contributed by atoms with van der Waals surface area (Å²) in [6, 6.07) is 32.6. The van der Waals surface area contributed by atoms with E-state index >= 15 is 0 Å². The van der Waals surface area contributed by atoms with Crippen LogP contribution in [0.4, 0.5) is 30.0 Å². The fourth-order valence-corrected chi connectivity index (χ4v) is 13.1. The Balaban J connectivity index is 0.00000145. The fraction of sp³-hybridized carbons (Fsp3) is 0.385. The molecule has 0 radical (unpaired) electrons. The number of aliphatic hydroxyl groups is 1. The van der Waals surface area contributed by atoms with Crippen molar-refractivity contribution in [2.75, 3.05) is 26.9 Å². The average Bonchev–Trinajstić information content (AvgIpc) is 3.31. The van der Waals surface area contributed by atoms with Crippen molar-refractivity contribution in [2.24, 2.45) is 17.6 Å². The molecule has 0 saturated carbocycles. The van der Waals surface area contributed by atoms with Gasteiger partial charge in [0.25, 0.3) is 5.91 Å². The normalized spacial score (nSPS) is 24.8. The van der Waals surface area contributed by atoms with Crippen molar-refractivity contribution >= 4 is 54.6 Å². The van der Waals surface area contributed by atoms with Crippen LogP contribution in [0.25, 0.3) is 0 Å². The van der Waals surface area contributed by atoms with Gasteiger partial charge >= 0.3 is 39.1 Å². The number of aliphatic hydroxyl groups excluding tert-OH is 1. The number of methoxy groups -OCH3 is 2. The van der Waals surface area contributed by atoms with Crippen LogP contribution in [0.1, 0.15) is 66.2 Å². The molecule has 2 bridgehead atoms. The number of Topliss-reactive ketones (excluding diaryl/α,β-unsaturated/α-hetero) is 1. The first-order valence-electron chi connectivity index (χ1n) is 23.2. The van der Waals surface area contributed by atoms with Crippen molar-refractivity contribution < 1.29 is 63.7 Å². The van der Waals surface area contributed by atoms with E-state index in [0.29, 0.717) is 18.5 Å². The molecular formula is C52H65F6N3O8P2. The van der Waals surface area contributed by atoms with Gasteiger partial charge in [-0.15, -0.1) is 0 Å². The van der Waals surface area contributed by atoms with Crippen LogP contribution in [-0.2, 0) is 28.6 Å². The third-order valence-corrected chi connectivity index (χ3v) is 16.6. The van der Waals surface area contributed by atoms with Crippen LogP contribution < -0.4 is 32.3 Å². The topological polar surface area (TPSA) is 166 Å². The Morgan fingerprint density at radius 2 is 1.34 bits per heavy atom. The average molecular weight is 1040 g/mol. The van der Waals surface area contributed by atoms with Crippen LogP contribution in [0, 0.1) is 11.8 Å². The number of halogens is 6. The molecule has 0 saturated heterocycles. The molecular weight excluding hydrogens is 971 g/mol. The number of fused-ring (bicyclic) bond motifs is 2. The van der Waals surface area contributed by atoms with E-state index in [1.807, 2.05) is 13.8 Å². The van der Waals surface area contributed by atoms with Gasteiger partial charge in [-0.05, 0) is 93.8 Å². The second kappa shape index (κ2) is 24.8. The van der Waals surface area contributed by atoms with Gasteiger partial charge in [-0.1, -0.05) is 99.2 Å². The molecule has 11 nitrogen and oxygen atoms in total. The number of ether oxygens (including phenoxy) is 3. The third-order valence-electron chi connectivity index (χ3n) is 12.1. The number of carbonyl (C=O) groups excluding carboxylic acids is 4. The van der Waals surface area contributed by atoms with Crippen LogP contribution in [-0.4, -0.2) is 80.0 Å². The predicted octanol–water partition coefficient (Wildman–Crippen LogP) is 10.3. The van der Waals surface area contributed by atoms with Crippen molar-refractivity contribution in [2.45, 2.75) is 90.6 Å². The molecule has 0 fully saturated rings. The number of carbonyl (C=O) groups is 4. The molecule has 5 N–H and O–H groups in total. The van der Waals surface area contributed by atoms with Gasteiger partial charge in [-0.25, -0.2) is 4.79 Å². The second-order valence-electron chi connectivity index (χ2n) is 17.8. The molecule has 6 atom stereocenters. The fourth-order valence-electron chi connectivity index (χ4n) is 8.70. The van der Waals surface area contributed by atoms with E-state index in [1.54, 1.807) is 32.1 Å². The SMILES string of the molecule is CO[C@H]1/C=C/C=C(/C)C(=O)NC2=CC(=O)C(NCCCCCC[P+](c3ccccc3)(c3ccccc3)c3ccccc3)=C(C[C@@H](C)C[C@H](OC)[C@H](O)[C@@H](C)/C=C(\C)[C@@H]1OC(N)=O)C2=O.F[P-](F)(F)(F)(F)F. The summed E-state index contributed by atoms with van der Waals surface area (Å²) in [5.74, 6) is -2.09. The number of rotatable bonds is 14. The van der Waals surface area contributed by atoms with Gasteiger partial charge in [0.05, 0.1) is 29.8 Å². The summed E-state index contributed by atoms with van der Waals surface area (Å²) in [4.78, 5) is 53.4. The van der Waals surface area contributed by atoms with Gasteiger partial charge in [-0.2, -0.15) is 0 Å². The summed E-state index contributed by atoms with van der Waals surface area (Å²) < 4.78 is 76.1. The Bertz CT molecular complexity index is 2360. The van der Waals surface area contributed by atoms with Crippen LogP contribution in [0.3, 0.4) is 0 Å². The number of allylic oxidation sites excluding steroid dienone is 4. The van der Waals surface area contributed by atoms with E-state index in [9.17, 15) is 49.5 Å². The minimum atomic E-state index is -10.7. The number of nitrogens with two attached hydrogens (primary N) is 1. The van der Waals surface area contributed by atoms with Crippen LogP contribution in [0.5, 0.6) is 0 Å². The molecule has 1 heterocycles. The number of nitrogens with one attached hydrogen (secondary N) is 2. The van der Waals surface area contributed by atoms with Crippen LogP contribution in [0.2, 0.25) is 0 Å². The molecule has 3 aromatic rings. The zero-order valence-electron chi connectivity index (χ0n) is 40.7. The first-order chi connectivity index (χ1) is 33.2. The number of ketones is 2. The molecule has 0 aromatic heterocycles. The van der Waals surface area contributed by atoms with Crippen molar-refractivity contribution in [3.63, 3.8) is 0 Å². The summed E-state index contributed by atoms with van der Waals surface area (Å²) in [7, 11) is -9.63. The van der Waals surface area contributed by atoms with E-state index in [1.165, 1.54) is 42.3 Å². The predicted molar refractivity (Wildman–Crippen MR) is 270 cm³/mol. The molecule has 2 aliphatic rings. The van der Waals surface area contributed by atoms with Gasteiger partial charge in [0.15, 0.2) is 6.10 Å². The van der Waals surface area contributed by atoms with Crippen molar-refractivity contribution in [1.82, 2.24) is 10.6 Å². The molecule has 19 heteroatoms. The van der Waals surface area contributed by atoms with E-state index in [4.69, 9.17) is 19.9 Å². The van der Waals surface area contributed by atoms with E-state index in [0.717, 1.165) is 31.8 Å². The Kier molecular flexibility index (Phi) is 20.3. The van der Waals surface area contributed by atoms with Crippen LogP contribution >= 0.6 is 15.1 Å². The summed E-state index contributed by atoms with van der Waals surface area (Å²) in [6.07, 6.45) is 8.61. The minimum absolute atomic E-state index is 0.110. The summed E-state index contributed by atoms with van der Waals surface area (Å²) in [5, 5.41) is 21.6. The monoisotopic (exact) mass is 1040 g/mol. The number of hydrogen-bond acceptors (Lipinski definition) is 9. The molecule has 2 amide bonds. The Morgan fingerprint density at radius 3 is 1.83 bits per heavy atom. The molecule has 71 heavy (non-hydrogen) atoms. The molecule has 0 unspecified atom stereocenters. The van der Waals surface area contributed by atoms with Crippen LogP contribution in [0.15, 0.2) is 149 Å². The van der Waals surface area contributed by atoms with Gasteiger partial charge in [-0.3, -0.25) is 14.4 Å². The zero-order chi connectivity index (χ0) is 52.6. The van der Waals surface area contributed by atoms with E-state index in [2.05, 4.69) is 102 Å². The molecule has 5 rings (SSSR count). The maximum absolute atomic E-state index is 14.2. The summed E-state index contributed by atoms with van der Waals surface area (Å²) in [6.45, 7) is 7.58. The number of benzene rings is 3. The summed E-state index contributed by atoms with van der Waals surface area (Å²) in [5.41, 5.74) is 6.67. The Labute approximate surface area is 412 Å². The number of hydrogen-bond donors (Lipinski definition) is 4. The molecule has 1 aliphatic carbocycles. The number of primary amides is 1. The molecule has 3 aromatic carbocycles. The van der Waals surface area contributed by atoms with Crippen molar-refractivity contribution in [3.05, 3.63) is 149 Å². The number of amides is 2. The quantitative estimate of drug-likeness (QED) is 0.0404. The van der Waals surface area contributed by atoms with Gasteiger partial charge in [0.1, 0.15) is 29.3 Å². The second-order valence-corrected chi connectivity index (χ2v) is 23.3. The van der Waals surface area contributed by atoms with Gasteiger partial charge in [0, 0.05) is 43.9 Å². The van der Waals surface area contributed by atoms with Gasteiger partial charge < -0.3 is 35.7 Å². The molecule has 1 aliphatic heterocycles. The van der Waals surface area contributed by atoms with E-state index in [-0.39, 0.29) is 34.9 Å². The Hall–Kier alpha value is -5.44. The third kappa shape index (κ3) is 18.3. The molecule has 0 spiro atoms. The zero-order valence-corrected chi connectivity index (χ0v) is 42.5. The van der Waals surface area contributed by atoms with Crippen molar-refractivity contribution in [3.8, 4) is 0 Å². The first-order valence-corrected chi connectivity index (χ1v) is 27.2.